The number of benzene rings is 2. The normalized spacial score (nSPS) is 19.7. The topological polar surface area (TPSA) is 92.9 Å². The van der Waals surface area contributed by atoms with Gasteiger partial charge in [0.05, 0.1) is 17.7 Å². The van der Waals surface area contributed by atoms with Crippen molar-refractivity contribution in [3.63, 3.8) is 0 Å². The van der Waals surface area contributed by atoms with Gasteiger partial charge in [-0.25, -0.2) is 0 Å². The van der Waals surface area contributed by atoms with Crippen molar-refractivity contribution in [2.45, 2.75) is 51.0 Å². The number of carbonyl (C=O) groups is 3. The third-order valence-electron chi connectivity index (χ3n) is 7.50. The van der Waals surface area contributed by atoms with Crippen LogP contribution in [0.1, 0.15) is 50.6 Å². The van der Waals surface area contributed by atoms with E-state index in [-0.39, 0.29) is 23.9 Å². The number of fused-ring (bicyclic) bond motifs is 3. The Kier molecular flexibility index (Phi) is 6.56. The van der Waals surface area contributed by atoms with Gasteiger partial charge in [-0.1, -0.05) is 11.2 Å². The first-order valence-corrected chi connectivity index (χ1v) is 12.4. The minimum atomic E-state index is -0.395. The predicted molar refractivity (Wildman–Crippen MR) is 132 cm³/mol. The number of Topliss-reactive ketones (excluding diaryl/α,β-unsaturated/α-hetero) is 2. The van der Waals surface area contributed by atoms with Gasteiger partial charge in [-0.3, -0.25) is 19.3 Å². The van der Waals surface area contributed by atoms with Crippen molar-refractivity contribution in [2.24, 2.45) is 0 Å². The number of likely N-dealkylation sites (tertiary alicyclic amines) is 1. The number of nitrogens with zero attached hydrogens (tertiary/aromatic N) is 3. The summed E-state index contributed by atoms with van der Waals surface area (Å²) in [5.41, 5.74) is 1.28. The molecule has 1 aromatic heterocycles. The first-order valence-electron chi connectivity index (χ1n) is 12.4. The number of carbonyl (C=O) groups excluding carboxylic acids is 3. The van der Waals surface area contributed by atoms with E-state index in [4.69, 9.17) is 9.26 Å². The van der Waals surface area contributed by atoms with Gasteiger partial charge in [0.25, 0.3) is 0 Å². The zero-order valence-electron chi connectivity index (χ0n) is 20.3. The van der Waals surface area contributed by atoms with Crippen LogP contribution in [0, 0.1) is 0 Å². The molecule has 0 unspecified atom stereocenters. The van der Waals surface area contributed by atoms with Gasteiger partial charge < -0.3 is 14.2 Å². The van der Waals surface area contributed by atoms with Crippen LogP contribution in [0.15, 0.2) is 34.9 Å². The number of hydrogen-bond donors (Lipinski definition) is 0. The number of ketones is 2. The molecule has 2 fully saturated rings. The van der Waals surface area contributed by atoms with Crippen molar-refractivity contribution in [2.75, 3.05) is 33.3 Å². The van der Waals surface area contributed by atoms with Gasteiger partial charge in [0.15, 0.2) is 5.58 Å². The van der Waals surface area contributed by atoms with E-state index < -0.39 is 5.92 Å². The maximum Gasteiger partial charge on any atom is 0.219 e. The molecule has 0 radical (unpaired) electrons. The summed E-state index contributed by atoms with van der Waals surface area (Å²) in [6.07, 6.45) is 2.84. The van der Waals surface area contributed by atoms with Crippen molar-refractivity contribution in [3.8, 4) is 5.75 Å². The highest BCUT2D eigenvalue weighted by molar-refractivity contribution is 6.11. The van der Waals surface area contributed by atoms with Crippen LogP contribution in [0.2, 0.25) is 0 Å². The van der Waals surface area contributed by atoms with E-state index in [1.54, 1.807) is 6.92 Å². The molecular formula is C27H31N3O5. The minimum Gasteiger partial charge on any atom is -0.492 e. The average molecular weight is 478 g/mol. The van der Waals surface area contributed by atoms with Gasteiger partial charge in [0, 0.05) is 39.0 Å². The summed E-state index contributed by atoms with van der Waals surface area (Å²) in [4.78, 5) is 40.0. The molecule has 8 heteroatoms. The van der Waals surface area contributed by atoms with E-state index in [0.29, 0.717) is 36.8 Å². The summed E-state index contributed by atoms with van der Waals surface area (Å²) in [6.45, 7) is 4.64. The minimum absolute atomic E-state index is 0.00198. The molecule has 0 bridgehead atoms. The molecule has 5 rings (SSSR count). The number of piperidine rings is 1. The van der Waals surface area contributed by atoms with Crippen molar-refractivity contribution < 1.29 is 23.6 Å². The highest BCUT2D eigenvalue weighted by atomic mass is 16.5. The zero-order chi connectivity index (χ0) is 24.5. The molecule has 184 valence electrons. The molecule has 3 aromatic rings. The van der Waals surface area contributed by atoms with Gasteiger partial charge >= 0.3 is 0 Å². The lowest BCUT2D eigenvalue weighted by Crippen LogP contribution is -2.45. The van der Waals surface area contributed by atoms with E-state index in [0.717, 1.165) is 54.4 Å². The monoisotopic (exact) mass is 477 g/mol. The van der Waals surface area contributed by atoms with Gasteiger partial charge in [-0.2, -0.15) is 0 Å². The molecule has 1 aliphatic carbocycles. The number of amides is 1. The van der Waals surface area contributed by atoms with Crippen molar-refractivity contribution in [1.82, 2.24) is 15.0 Å². The fourth-order valence-corrected chi connectivity index (χ4v) is 5.37. The maximum absolute atomic E-state index is 12.5. The van der Waals surface area contributed by atoms with E-state index in [2.05, 4.69) is 17.1 Å². The van der Waals surface area contributed by atoms with Crippen LogP contribution < -0.4 is 4.74 Å². The summed E-state index contributed by atoms with van der Waals surface area (Å²) in [5.74, 6) is 0.464. The lowest BCUT2D eigenvalue weighted by atomic mass is 9.83. The van der Waals surface area contributed by atoms with Gasteiger partial charge in [-0.15, -0.1) is 0 Å². The Labute approximate surface area is 204 Å². The first-order chi connectivity index (χ1) is 16.9. The molecule has 2 aliphatic rings. The number of likely N-dealkylation sites (N-methyl/N-ethyl adjacent to an activating group) is 1. The van der Waals surface area contributed by atoms with Crippen molar-refractivity contribution in [3.05, 3.63) is 36.0 Å². The standard InChI is InChI=1S/C27H31N3O5/c1-17(31)30-11-9-19(10-12-30)29(2)13-14-34-21-5-7-22-18(15-21)3-8-25-26(22)27(28-35-25)23-6-4-20(32)16-24(23)33/h3,5,7-8,15,19,23H,4,6,9-14,16H2,1-2H3/t23-/m0/s1. The van der Waals surface area contributed by atoms with Crippen LogP contribution in [0.25, 0.3) is 21.7 Å². The SMILES string of the molecule is CC(=O)N1CCC(N(C)CCOc2ccc3c(ccc4onc([C@H]5CCC(=O)CC5=O)c43)c2)CC1. The number of hydrogen-bond acceptors (Lipinski definition) is 7. The molecule has 2 heterocycles. The van der Waals surface area contributed by atoms with Gasteiger partial charge in [-0.05, 0) is 61.3 Å². The summed E-state index contributed by atoms with van der Waals surface area (Å²) >= 11 is 0. The lowest BCUT2D eigenvalue weighted by molar-refractivity contribution is -0.131. The van der Waals surface area contributed by atoms with Crippen molar-refractivity contribution >= 4 is 39.2 Å². The quantitative estimate of drug-likeness (QED) is 0.500. The third-order valence-corrected chi connectivity index (χ3v) is 7.50. The third kappa shape index (κ3) is 4.80. The molecule has 2 aromatic carbocycles. The Morgan fingerprint density at radius 1 is 1.17 bits per heavy atom. The Hall–Kier alpha value is -3.26. The number of ether oxygens (including phenoxy) is 1. The second-order valence-corrected chi connectivity index (χ2v) is 9.73. The second-order valence-electron chi connectivity index (χ2n) is 9.73. The smallest absolute Gasteiger partial charge is 0.219 e. The van der Waals surface area contributed by atoms with Crippen LogP contribution in [0.5, 0.6) is 5.75 Å². The number of aromatic nitrogens is 1. The van der Waals surface area contributed by atoms with Crippen LogP contribution in [0.3, 0.4) is 0 Å². The summed E-state index contributed by atoms with van der Waals surface area (Å²) in [7, 11) is 2.11. The molecule has 1 saturated carbocycles. The molecule has 1 saturated heterocycles. The summed E-state index contributed by atoms with van der Waals surface area (Å²) < 4.78 is 11.6. The largest absolute Gasteiger partial charge is 0.492 e. The van der Waals surface area contributed by atoms with E-state index >= 15 is 0 Å². The lowest BCUT2D eigenvalue weighted by Gasteiger charge is -2.36. The Balaban J connectivity index is 1.26. The summed E-state index contributed by atoms with van der Waals surface area (Å²) in [5, 5.41) is 7.03. The molecular weight excluding hydrogens is 446 g/mol. The van der Waals surface area contributed by atoms with Crippen LogP contribution in [0.4, 0.5) is 0 Å². The van der Waals surface area contributed by atoms with Crippen LogP contribution >= 0.6 is 0 Å². The maximum atomic E-state index is 12.5. The molecule has 1 amide bonds. The predicted octanol–water partition coefficient (Wildman–Crippen LogP) is 3.71. The first kappa shape index (κ1) is 23.5. The molecule has 8 nitrogen and oxygen atoms in total. The fourth-order valence-electron chi connectivity index (χ4n) is 5.37. The molecule has 0 N–H and O–H groups in total. The Morgan fingerprint density at radius 3 is 2.71 bits per heavy atom. The fraction of sp³-hybridized carbons (Fsp3) is 0.481. The highest BCUT2D eigenvalue weighted by Gasteiger charge is 2.32. The average Bonchev–Trinajstić information content (AvgIpc) is 3.28. The van der Waals surface area contributed by atoms with Gasteiger partial charge in [0.2, 0.25) is 5.91 Å². The van der Waals surface area contributed by atoms with E-state index in [1.807, 2.05) is 35.2 Å². The highest BCUT2D eigenvalue weighted by Crippen LogP contribution is 2.37. The Morgan fingerprint density at radius 2 is 1.97 bits per heavy atom. The second kappa shape index (κ2) is 9.77. The zero-order valence-corrected chi connectivity index (χ0v) is 20.3. The molecule has 1 aliphatic heterocycles. The molecule has 1 atom stereocenters. The van der Waals surface area contributed by atoms with E-state index in [1.165, 1.54) is 0 Å². The summed E-state index contributed by atoms with van der Waals surface area (Å²) in [6, 6.07) is 10.2. The van der Waals surface area contributed by atoms with Gasteiger partial charge in [0.1, 0.15) is 29.6 Å². The molecule has 35 heavy (non-hydrogen) atoms. The van der Waals surface area contributed by atoms with Crippen molar-refractivity contribution in [1.29, 1.82) is 0 Å². The van der Waals surface area contributed by atoms with Crippen LogP contribution in [-0.2, 0) is 14.4 Å². The number of rotatable bonds is 6. The van der Waals surface area contributed by atoms with E-state index in [9.17, 15) is 14.4 Å². The Bertz CT molecular complexity index is 1270. The molecule has 0 spiro atoms. The van der Waals surface area contributed by atoms with Crippen LogP contribution in [-0.4, -0.2) is 71.8 Å².